The van der Waals surface area contributed by atoms with Gasteiger partial charge in [0.25, 0.3) is 0 Å². The zero-order valence-corrected chi connectivity index (χ0v) is 12.0. The van der Waals surface area contributed by atoms with Crippen LogP contribution in [0, 0.1) is 17.7 Å². The van der Waals surface area contributed by atoms with E-state index in [-0.39, 0.29) is 11.9 Å². The molecular formula is C15H24FNO. The lowest BCUT2D eigenvalue weighted by Gasteiger charge is -2.20. The molecule has 0 saturated carbocycles. The lowest BCUT2D eigenvalue weighted by atomic mass is 9.97. The molecule has 0 fully saturated rings. The number of halogens is 1. The molecule has 0 heterocycles. The van der Waals surface area contributed by atoms with Crippen molar-refractivity contribution in [2.45, 2.75) is 33.7 Å². The number of hydrogen-bond acceptors (Lipinski definition) is 2. The highest BCUT2D eigenvalue weighted by Gasteiger charge is 2.12. The van der Waals surface area contributed by atoms with Crippen LogP contribution >= 0.6 is 0 Å². The quantitative estimate of drug-likeness (QED) is 0.833. The molecule has 0 aliphatic rings. The summed E-state index contributed by atoms with van der Waals surface area (Å²) in [5, 5.41) is 3.44. The maximum Gasteiger partial charge on any atom is 0.165 e. The van der Waals surface area contributed by atoms with Crippen LogP contribution in [-0.4, -0.2) is 13.7 Å². The minimum atomic E-state index is -0.305. The second kappa shape index (κ2) is 6.74. The Bertz CT molecular complexity index is 379. The van der Waals surface area contributed by atoms with Crippen molar-refractivity contribution >= 4 is 0 Å². The number of hydrogen-bond donors (Lipinski definition) is 1. The SMILES string of the molecule is COc1ccc(C(C)NCC(C)C(C)C)cc1F. The minimum absolute atomic E-state index is 0.145. The fraction of sp³-hybridized carbons (Fsp3) is 0.600. The van der Waals surface area contributed by atoms with Crippen LogP contribution in [0.3, 0.4) is 0 Å². The van der Waals surface area contributed by atoms with E-state index in [0.29, 0.717) is 17.6 Å². The van der Waals surface area contributed by atoms with Crippen LogP contribution < -0.4 is 10.1 Å². The Labute approximate surface area is 110 Å². The van der Waals surface area contributed by atoms with E-state index in [1.165, 1.54) is 13.2 Å². The number of nitrogens with one attached hydrogen (secondary N) is 1. The summed E-state index contributed by atoms with van der Waals surface area (Å²) < 4.78 is 18.5. The van der Waals surface area contributed by atoms with Crippen molar-refractivity contribution < 1.29 is 9.13 Å². The van der Waals surface area contributed by atoms with Crippen LogP contribution in [-0.2, 0) is 0 Å². The van der Waals surface area contributed by atoms with Gasteiger partial charge in [-0.1, -0.05) is 26.8 Å². The number of methoxy groups -OCH3 is 1. The van der Waals surface area contributed by atoms with Gasteiger partial charge in [-0.15, -0.1) is 0 Å². The number of ether oxygens (including phenoxy) is 1. The molecule has 0 radical (unpaired) electrons. The molecule has 18 heavy (non-hydrogen) atoms. The molecule has 0 saturated heterocycles. The maximum atomic E-state index is 13.6. The fourth-order valence-electron chi connectivity index (χ4n) is 1.67. The van der Waals surface area contributed by atoms with Crippen molar-refractivity contribution in [3.63, 3.8) is 0 Å². The molecule has 0 aliphatic carbocycles. The van der Waals surface area contributed by atoms with E-state index >= 15 is 0 Å². The molecular weight excluding hydrogens is 229 g/mol. The lowest BCUT2D eigenvalue weighted by molar-refractivity contribution is 0.372. The van der Waals surface area contributed by atoms with Gasteiger partial charge >= 0.3 is 0 Å². The van der Waals surface area contributed by atoms with Crippen LogP contribution in [0.4, 0.5) is 4.39 Å². The predicted molar refractivity (Wildman–Crippen MR) is 73.4 cm³/mol. The molecule has 1 aromatic rings. The monoisotopic (exact) mass is 253 g/mol. The molecule has 102 valence electrons. The fourth-order valence-corrected chi connectivity index (χ4v) is 1.67. The predicted octanol–water partition coefficient (Wildman–Crippen LogP) is 3.78. The van der Waals surface area contributed by atoms with Gasteiger partial charge in [0.05, 0.1) is 7.11 Å². The standard InChI is InChI=1S/C15H24FNO/c1-10(2)11(3)9-17-12(4)13-6-7-15(18-5)14(16)8-13/h6-8,10-12,17H,9H2,1-5H3. The molecule has 0 spiro atoms. The van der Waals surface area contributed by atoms with Crippen LogP contribution in [0.25, 0.3) is 0 Å². The van der Waals surface area contributed by atoms with Gasteiger partial charge in [0.15, 0.2) is 11.6 Å². The van der Waals surface area contributed by atoms with Gasteiger partial charge in [-0.2, -0.15) is 0 Å². The highest BCUT2D eigenvalue weighted by atomic mass is 19.1. The topological polar surface area (TPSA) is 21.3 Å². The van der Waals surface area contributed by atoms with Crippen molar-refractivity contribution in [3.05, 3.63) is 29.6 Å². The lowest BCUT2D eigenvalue weighted by Crippen LogP contribution is -2.26. The summed E-state index contributed by atoms with van der Waals surface area (Å²) in [5.41, 5.74) is 0.948. The summed E-state index contributed by atoms with van der Waals surface area (Å²) in [7, 11) is 1.48. The second-order valence-electron chi connectivity index (χ2n) is 5.25. The van der Waals surface area contributed by atoms with Crippen molar-refractivity contribution in [1.29, 1.82) is 0 Å². The Hall–Kier alpha value is -1.09. The first-order valence-corrected chi connectivity index (χ1v) is 6.52. The molecule has 2 unspecified atom stereocenters. The van der Waals surface area contributed by atoms with Crippen LogP contribution in [0.15, 0.2) is 18.2 Å². The summed E-state index contributed by atoms with van der Waals surface area (Å²) in [5.74, 6) is 1.25. The summed E-state index contributed by atoms with van der Waals surface area (Å²) in [6, 6.07) is 5.26. The van der Waals surface area contributed by atoms with Crippen molar-refractivity contribution in [2.24, 2.45) is 11.8 Å². The van der Waals surface area contributed by atoms with E-state index in [1.54, 1.807) is 6.07 Å². The van der Waals surface area contributed by atoms with Gasteiger partial charge in [0.2, 0.25) is 0 Å². The zero-order valence-electron chi connectivity index (χ0n) is 12.0. The third-order valence-electron chi connectivity index (χ3n) is 3.56. The van der Waals surface area contributed by atoms with Gasteiger partial charge in [-0.05, 0) is 43.0 Å². The molecule has 0 aliphatic heterocycles. The molecule has 2 atom stereocenters. The van der Waals surface area contributed by atoms with E-state index in [9.17, 15) is 4.39 Å². The number of rotatable bonds is 6. The first-order valence-electron chi connectivity index (χ1n) is 6.52. The largest absolute Gasteiger partial charge is 0.494 e. The van der Waals surface area contributed by atoms with Gasteiger partial charge in [-0.3, -0.25) is 0 Å². The first-order chi connectivity index (χ1) is 8.45. The maximum absolute atomic E-state index is 13.6. The van der Waals surface area contributed by atoms with E-state index in [0.717, 1.165) is 12.1 Å². The Morgan fingerprint density at radius 2 is 1.89 bits per heavy atom. The van der Waals surface area contributed by atoms with Crippen LogP contribution in [0.5, 0.6) is 5.75 Å². The van der Waals surface area contributed by atoms with Gasteiger partial charge in [-0.25, -0.2) is 4.39 Å². The van der Waals surface area contributed by atoms with E-state index in [2.05, 4.69) is 26.1 Å². The normalized spacial score (nSPS) is 14.6. The highest BCUT2D eigenvalue weighted by Crippen LogP contribution is 2.22. The Morgan fingerprint density at radius 1 is 1.22 bits per heavy atom. The van der Waals surface area contributed by atoms with E-state index in [4.69, 9.17) is 4.74 Å². The van der Waals surface area contributed by atoms with Crippen LogP contribution in [0.2, 0.25) is 0 Å². The van der Waals surface area contributed by atoms with Crippen molar-refractivity contribution in [3.8, 4) is 5.75 Å². The molecule has 0 aromatic heterocycles. The molecule has 1 aromatic carbocycles. The molecule has 0 bridgehead atoms. The number of benzene rings is 1. The Balaban J connectivity index is 2.61. The third kappa shape index (κ3) is 3.98. The van der Waals surface area contributed by atoms with E-state index < -0.39 is 0 Å². The summed E-state index contributed by atoms with van der Waals surface area (Å²) >= 11 is 0. The van der Waals surface area contributed by atoms with Gasteiger partial charge < -0.3 is 10.1 Å². The third-order valence-corrected chi connectivity index (χ3v) is 3.56. The molecule has 1 rings (SSSR count). The highest BCUT2D eigenvalue weighted by molar-refractivity contribution is 5.30. The molecule has 3 heteroatoms. The second-order valence-corrected chi connectivity index (χ2v) is 5.25. The average Bonchev–Trinajstić information content (AvgIpc) is 2.35. The summed E-state index contributed by atoms with van der Waals surface area (Å²) in [6.45, 7) is 9.63. The van der Waals surface area contributed by atoms with Crippen LogP contribution in [0.1, 0.15) is 39.3 Å². The molecule has 2 nitrogen and oxygen atoms in total. The van der Waals surface area contributed by atoms with Crippen molar-refractivity contribution in [2.75, 3.05) is 13.7 Å². The molecule has 1 N–H and O–H groups in total. The van der Waals surface area contributed by atoms with E-state index in [1.807, 2.05) is 13.0 Å². The first kappa shape index (κ1) is 15.0. The summed E-state index contributed by atoms with van der Waals surface area (Å²) in [6.07, 6.45) is 0. The Morgan fingerprint density at radius 3 is 2.39 bits per heavy atom. The smallest absolute Gasteiger partial charge is 0.165 e. The van der Waals surface area contributed by atoms with Gasteiger partial charge in [0.1, 0.15) is 0 Å². The van der Waals surface area contributed by atoms with Crippen molar-refractivity contribution in [1.82, 2.24) is 5.32 Å². The molecule has 0 amide bonds. The Kier molecular flexibility index (Phi) is 5.60. The minimum Gasteiger partial charge on any atom is -0.494 e. The average molecular weight is 253 g/mol. The zero-order chi connectivity index (χ0) is 13.7. The summed E-state index contributed by atoms with van der Waals surface area (Å²) in [4.78, 5) is 0. The van der Waals surface area contributed by atoms with Gasteiger partial charge in [0, 0.05) is 6.04 Å².